The van der Waals surface area contributed by atoms with E-state index in [1.54, 1.807) is 16.7 Å². The van der Waals surface area contributed by atoms with E-state index in [-0.39, 0.29) is 23.2 Å². The van der Waals surface area contributed by atoms with Crippen molar-refractivity contribution in [2.45, 2.75) is 26.4 Å². The largest absolute Gasteiger partial charge is 0.308 e. The molecule has 0 saturated carbocycles. The molecule has 0 radical (unpaired) electrons. The molecule has 0 N–H and O–H groups in total. The number of rotatable bonds is 3. The van der Waals surface area contributed by atoms with E-state index in [1.807, 2.05) is 32.0 Å². The first-order valence-electron chi connectivity index (χ1n) is 6.05. The molecule has 5 nitrogen and oxygen atoms in total. The van der Waals surface area contributed by atoms with Gasteiger partial charge >= 0.3 is 4.87 Å². The summed E-state index contributed by atoms with van der Waals surface area (Å²) in [5.74, 6) is 0. The lowest BCUT2D eigenvalue weighted by Crippen LogP contribution is -2.14. The van der Waals surface area contributed by atoms with Crippen LogP contribution in [0.4, 0.5) is 0 Å². The molecule has 0 spiro atoms. The van der Waals surface area contributed by atoms with Gasteiger partial charge in [-0.1, -0.05) is 17.4 Å². The van der Waals surface area contributed by atoms with Gasteiger partial charge in [0.15, 0.2) is 0 Å². The number of nitrogens with zero attached hydrogens (tertiary/aromatic N) is 4. The van der Waals surface area contributed by atoms with E-state index in [2.05, 4.69) is 4.99 Å². The third kappa shape index (κ3) is 2.61. The Bertz CT molecular complexity index is 798. The number of aromatic nitrogens is 1. The molecule has 0 fully saturated rings. The molecule has 1 aromatic heterocycles. The standard InChI is InChI=1S/C14H12N4OS/c1-9(2)18-12-4-3-10(5-13(12)20-14(18)19)8-17-11(6-15)7-16/h3-5,9H,8H2,1-2H3. The summed E-state index contributed by atoms with van der Waals surface area (Å²) in [6, 6.07) is 9.20. The molecule has 6 heteroatoms. The lowest BCUT2D eigenvalue weighted by atomic mass is 10.2. The predicted molar refractivity (Wildman–Crippen MR) is 78.8 cm³/mol. The first kappa shape index (κ1) is 14.0. The van der Waals surface area contributed by atoms with Crippen molar-refractivity contribution in [2.24, 2.45) is 4.99 Å². The molecule has 0 bridgehead atoms. The van der Waals surface area contributed by atoms with Gasteiger partial charge in [-0.05, 0) is 31.5 Å². The average molecular weight is 284 g/mol. The predicted octanol–water partition coefficient (Wildman–Crippen LogP) is 2.63. The second-order valence-corrected chi connectivity index (χ2v) is 5.52. The fourth-order valence-corrected chi connectivity index (χ4v) is 3.01. The Morgan fingerprint density at radius 3 is 2.70 bits per heavy atom. The van der Waals surface area contributed by atoms with Gasteiger partial charge in [0, 0.05) is 6.04 Å². The topological polar surface area (TPSA) is 81.9 Å². The maximum atomic E-state index is 11.9. The van der Waals surface area contributed by atoms with E-state index in [1.165, 1.54) is 11.3 Å². The van der Waals surface area contributed by atoms with Gasteiger partial charge in [-0.15, -0.1) is 0 Å². The highest BCUT2D eigenvalue weighted by Gasteiger charge is 2.10. The highest BCUT2D eigenvalue weighted by Crippen LogP contribution is 2.22. The maximum Gasteiger partial charge on any atom is 0.308 e. The molecule has 20 heavy (non-hydrogen) atoms. The molecule has 0 aliphatic carbocycles. The Labute approximate surface area is 120 Å². The summed E-state index contributed by atoms with van der Waals surface area (Å²) in [4.78, 5) is 15.9. The van der Waals surface area contributed by atoms with Crippen LogP contribution in [0.2, 0.25) is 0 Å². The van der Waals surface area contributed by atoms with Gasteiger partial charge in [-0.2, -0.15) is 10.5 Å². The van der Waals surface area contributed by atoms with E-state index in [0.717, 1.165) is 15.8 Å². The number of nitriles is 2. The minimum absolute atomic E-state index is 0.0189. The zero-order valence-corrected chi connectivity index (χ0v) is 11.9. The Balaban J connectivity index is 2.42. The fourth-order valence-electron chi connectivity index (χ4n) is 1.93. The van der Waals surface area contributed by atoms with Crippen molar-refractivity contribution >= 4 is 27.3 Å². The number of thiazole rings is 1. The van der Waals surface area contributed by atoms with E-state index in [9.17, 15) is 4.79 Å². The zero-order chi connectivity index (χ0) is 14.7. The molecular weight excluding hydrogens is 272 g/mol. The van der Waals surface area contributed by atoms with Gasteiger partial charge in [0.25, 0.3) is 0 Å². The Morgan fingerprint density at radius 2 is 2.10 bits per heavy atom. The summed E-state index contributed by atoms with van der Waals surface area (Å²) in [6.07, 6.45) is 0. The first-order valence-corrected chi connectivity index (χ1v) is 6.87. The molecular formula is C14H12N4OS. The van der Waals surface area contributed by atoms with Crippen LogP contribution in [0.3, 0.4) is 0 Å². The molecule has 0 aliphatic heterocycles. The molecule has 0 unspecified atom stereocenters. The monoisotopic (exact) mass is 284 g/mol. The molecule has 100 valence electrons. The van der Waals surface area contributed by atoms with Crippen LogP contribution >= 0.6 is 11.3 Å². The van der Waals surface area contributed by atoms with E-state index in [0.29, 0.717) is 0 Å². The van der Waals surface area contributed by atoms with Gasteiger partial charge in [-0.25, -0.2) is 0 Å². The molecule has 2 rings (SSSR count). The number of hydrogen-bond acceptors (Lipinski definition) is 5. The molecule has 0 atom stereocenters. The van der Waals surface area contributed by atoms with Crippen molar-refractivity contribution in [3.63, 3.8) is 0 Å². The number of hydrogen-bond donors (Lipinski definition) is 0. The molecule has 2 aromatic rings. The molecule has 1 aromatic carbocycles. The highest BCUT2D eigenvalue weighted by atomic mass is 32.1. The number of benzene rings is 1. The quantitative estimate of drug-likeness (QED) is 0.812. The van der Waals surface area contributed by atoms with E-state index < -0.39 is 0 Å². The van der Waals surface area contributed by atoms with Crippen LogP contribution in [0, 0.1) is 22.7 Å². The molecule has 0 aliphatic rings. The van der Waals surface area contributed by atoms with Gasteiger partial charge in [0.2, 0.25) is 5.71 Å². The normalized spacial score (nSPS) is 10.2. The smallest absolute Gasteiger partial charge is 0.296 e. The lowest BCUT2D eigenvalue weighted by molar-refractivity contribution is 0.611. The second-order valence-electron chi connectivity index (χ2n) is 4.52. The van der Waals surface area contributed by atoms with Gasteiger partial charge in [0.1, 0.15) is 12.1 Å². The number of aliphatic imine (C=N–C) groups is 1. The third-order valence-electron chi connectivity index (χ3n) is 2.83. The zero-order valence-electron chi connectivity index (χ0n) is 11.1. The summed E-state index contributed by atoms with van der Waals surface area (Å²) in [5.41, 5.74) is 1.64. The van der Waals surface area contributed by atoms with Gasteiger partial charge in [0.05, 0.1) is 16.8 Å². The van der Waals surface area contributed by atoms with Crippen LogP contribution in [0.5, 0.6) is 0 Å². The van der Waals surface area contributed by atoms with Crippen LogP contribution in [-0.2, 0) is 6.54 Å². The minimum atomic E-state index is -0.141. The third-order valence-corrected chi connectivity index (χ3v) is 3.74. The SMILES string of the molecule is CC(C)n1c(=O)sc2cc(CN=C(C#N)C#N)ccc21. The van der Waals surface area contributed by atoms with E-state index in [4.69, 9.17) is 10.5 Å². The summed E-state index contributed by atoms with van der Waals surface area (Å²) in [7, 11) is 0. The maximum absolute atomic E-state index is 11.9. The van der Waals surface area contributed by atoms with Crippen LogP contribution < -0.4 is 4.87 Å². The summed E-state index contributed by atoms with van der Waals surface area (Å²) in [6.45, 7) is 4.20. The summed E-state index contributed by atoms with van der Waals surface area (Å²) >= 11 is 1.20. The first-order chi connectivity index (χ1) is 9.56. The van der Waals surface area contributed by atoms with Gasteiger partial charge in [-0.3, -0.25) is 14.4 Å². The Hall–Kier alpha value is -2.44. The minimum Gasteiger partial charge on any atom is -0.296 e. The van der Waals surface area contributed by atoms with Crippen molar-refractivity contribution in [3.05, 3.63) is 33.4 Å². The lowest BCUT2D eigenvalue weighted by Gasteiger charge is -2.07. The van der Waals surface area contributed by atoms with E-state index >= 15 is 0 Å². The van der Waals surface area contributed by atoms with Crippen molar-refractivity contribution in [1.29, 1.82) is 10.5 Å². The van der Waals surface area contributed by atoms with Crippen LogP contribution in [0.25, 0.3) is 10.2 Å². The van der Waals surface area contributed by atoms with Crippen molar-refractivity contribution in [1.82, 2.24) is 4.57 Å². The molecule has 0 saturated heterocycles. The second kappa shape index (κ2) is 5.68. The van der Waals surface area contributed by atoms with Gasteiger partial charge < -0.3 is 0 Å². The highest BCUT2D eigenvalue weighted by molar-refractivity contribution is 7.16. The van der Waals surface area contributed by atoms with Crippen LogP contribution in [0.1, 0.15) is 25.5 Å². The summed E-state index contributed by atoms with van der Waals surface area (Å²) in [5, 5.41) is 17.3. The van der Waals surface area contributed by atoms with Crippen molar-refractivity contribution in [3.8, 4) is 12.1 Å². The van der Waals surface area contributed by atoms with Crippen molar-refractivity contribution < 1.29 is 0 Å². The van der Waals surface area contributed by atoms with Crippen molar-refractivity contribution in [2.75, 3.05) is 0 Å². The Morgan fingerprint density at radius 1 is 1.40 bits per heavy atom. The molecule has 0 amide bonds. The summed E-state index contributed by atoms with van der Waals surface area (Å²) < 4.78 is 2.65. The average Bonchev–Trinajstić information content (AvgIpc) is 2.75. The number of fused-ring (bicyclic) bond motifs is 1. The molecule has 1 heterocycles. The van der Waals surface area contributed by atoms with Crippen LogP contribution in [0.15, 0.2) is 28.0 Å². The van der Waals surface area contributed by atoms with Crippen LogP contribution in [-0.4, -0.2) is 10.3 Å². The fraction of sp³-hybridized carbons (Fsp3) is 0.286. The Kier molecular flexibility index (Phi) is 3.97.